The zero-order chi connectivity index (χ0) is 14.9. The Balaban J connectivity index is 1.79. The maximum Gasteiger partial charge on any atom is 0.147 e. The Kier molecular flexibility index (Phi) is 3.24. The average Bonchev–Trinajstić information content (AvgIpc) is 2.95. The van der Waals surface area contributed by atoms with E-state index in [1.807, 2.05) is 6.07 Å². The Morgan fingerprint density at radius 1 is 0.955 bits per heavy atom. The van der Waals surface area contributed by atoms with Crippen LogP contribution in [0.25, 0.3) is 20.3 Å². The highest BCUT2D eigenvalue weighted by molar-refractivity contribution is 7.26. The summed E-state index contributed by atoms with van der Waals surface area (Å²) >= 11 is 1.74. The molecule has 3 nitrogen and oxygen atoms in total. The van der Waals surface area contributed by atoms with Gasteiger partial charge in [-0.3, -0.25) is 0 Å². The first-order chi connectivity index (χ1) is 10.8. The fourth-order valence-corrected chi connectivity index (χ4v) is 3.77. The molecule has 2 aromatic heterocycles. The maximum atomic E-state index is 4.47. The van der Waals surface area contributed by atoms with Crippen LogP contribution in [0.1, 0.15) is 18.5 Å². The molecule has 4 aromatic rings. The molecule has 0 saturated carbocycles. The van der Waals surface area contributed by atoms with Crippen LogP contribution in [0, 0.1) is 0 Å². The second kappa shape index (κ2) is 5.39. The van der Waals surface area contributed by atoms with E-state index < -0.39 is 0 Å². The molecule has 0 spiro atoms. The molecule has 22 heavy (non-hydrogen) atoms. The molecule has 0 saturated heterocycles. The lowest BCUT2D eigenvalue weighted by molar-refractivity contribution is 0.876. The number of hydrogen-bond donors (Lipinski definition) is 1. The smallest absolute Gasteiger partial charge is 0.147 e. The highest BCUT2D eigenvalue weighted by Gasteiger charge is 2.13. The van der Waals surface area contributed by atoms with Gasteiger partial charge in [-0.1, -0.05) is 48.5 Å². The maximum absolute atomic E-state index is 4.47. The summed E-state index contributed by atoms with van der Waals surface area (Å²) in [5.41, 5.74) is 2.27. The van der Waals surface area contributed by atoms with Crippen LogP contribution in [0.15, 0.2) is 60.9 Å². The van der Waals surface area contributed by atoms with E-state index in [0.29, 0.717) is 0 Å². The van der Waals surface area contributed by atoms with Crippen molar-refractivity contribution in [3.63, 3.8) is 0 Å². The molecule has 0 aliphatic carbocycles. The molecule has 1 N–H and O–H groups in total. The van der Waals surface area contributed by atoms with Crippen molar-refractivity contribution in [2.24, 2.45) is 0 Å². The molecule has 0 amide bonds. The van der Waals surface area contributed by atoms with Crippen molar-refractivity contribution in [2.75, 3.05) is 5.32 Å². The van der Waals surface area contributed by atoms with Crippen LogP contribution in [-0.4, -0.2) is 9.97 Å². The van der Waals surface area contributed by atoms with Crippen molar-refractivity contribution in [3.05, 3.63) is 66.5 Å². The van der Waals surface area contributed by atoms with Gasteiger partial charge in [-0.05, 0) is 18.6 Å². The third-order valence-corrected chi connectivity index (χ3v) is 4.98. The van der Waals surface area contributed by atoms with Crippen LogP contribution in [0.2, 0.25) is 0 Å². The minimum Gasteiger partial charge on any atom is -0.362 e. The minimum absolute atomic E-state index is 0.199. The lowest BCUT2D eigenvalue weighted by Crippen LogP contribution is -2.07. The Morgan fingerprint density at radius 3 is 2.59 bits per heavy atom. The predicted molar refractivity (Wildman–Crippen MR) is 93.4 cm³/mol. The van der Waals surface area contributed by atoms with Crippen molar-refractivity contribution >= 4 is 37.5 Å². The fraction of sp³-hybridized carbons (Fsp3) is 0.111. The highest BCUT2D eigenvalue weighted by atomic mass is 32.1. The fourth-order valence-electron chi connectivity index (χ4n) is 2.66. The molecule has 0 aliphatic rings. The van der Waals surface area contributed by atoms with Gasteiger partial charge in [0.15, 0.2) is 0 Å². The summed E-state index contributed by atoms with van der Waals surface area (Å²) < 4.78 is 2.36. The Labute approximate surface area is 132 Å². The van der Waals surface area contributed by atoms with E-state index in [2.05, 4.69) is 70.7 Å². The first-order valence-electron chi connectivity index (χ1n) is 7.26. The topological polar surface area (TPSA) is 37.8 Å². The van der Waals surface area contributed by atoms with Crippen LogP contribution in [0.3, 0.4) is 0 Å². The largest absolute Gasteiger partial charge is 0.362 e. The van der Waals surface area contributed by atoms with E-state index in [-0.39, 0.29) is 6.04 Å². The Morgan fingerprint density at radius 2 is 1.73 bits per heavy atom. The van der Waals surface area contributed by atoms with Gasteiger partial charge in [0.1, 0.15) is 12.1 Å². The van der Waals surface area contributed by atoms with E-state index in [9.17, 15) is 0 Å². The molecule has 4 rings (SSSR count). The van der Waals surface area contributed by atoms with Gasteiger partial charge in [0, 0.05) is 16.1 Å². The number of anilines is 1. The number of benzene rings is 2. The van der Waals surface area contributed by atoms with Gasteiger partial charge in [0.25, 0.3) is 0 Å². The van der Waals surface area contributed by atoms with Crippen molar-refractivity contribution in [1.82, 2.24) is 9.97 Å². The van der Waals surface area contributed by atoms with Crippen molar-refractivity contribution < 1.29 is 0 Å². The summed E-state index contributed by atoms with van der Waals surface area (Å²) in [6.07, 6.45) is 1.64. The molecule has 1 atom stereocenters. The highest BCUT2D eigenvalue weighted by Crippen LogP contribution is 2.36. The standard InChI is InChI=1S/C18H15N3S/c1-12(13-7-3-2-4-8-13)21-18-17-16(19-11-20-18)14-9-5-6-10-15(14)22-17/h2-12H,1H3,(H,19,20,21)/t12-/m1/s1. The van der Waals surface area contributed by atoms with Gasteiger partial charge < -0.3 is 5.32 Å². The van der Waals surface area contributed by atoms with E-state index >= 15 is 0 Å². The second-order valence-electron chi connectivity index (χ2n) is 5.27. The number of thiophene rings is 1. The van der Waals surface area contributed by atoms with Crippen molar-refractivity contribution in [3.8, 4) is 0 Å². The molecule has 0 unspecified atom stereocenters. The van der Waals surface area contributed by atoms with Gasteiger partial charge in [-0.2, -0.15) is 0 Å². The van der Waals surface area contributed by atoms with Gasteiger partial charge in [0.05, 0.1) is 10.2 Å². The number of fused-ring (bicyclic) bond motifs is 3. The first kappa shape index (κ1) is 13.2. The molecule has 2 aromatic carbocycles. The van der Waals surface area contributed by atoms with Crippen LogP contribution in [0.5, 0.6) is 0 Å². The van der Waals surface area contributed by atoms with E-state index in [4.69, 9.17) is 0 Å². The molecular formula is C18H15N3S. The van der Waals surface area contributed by atoms with Crippen LogP contribution in [0.4, 0.5) is 5.82 Å². The Hall–Kier alpha value is -2.46. The third-order valence-electron chi connectivity index (χ3n) is 3.81. The van der Waals surface area contributed by atoms with Crippen molar-refractivity contribution in [2.45, 2.75) is 13.0 Å². The van der Waals surface area contributed by atoms with Crippen LogP contribution in [-0.2, 0) is 0 Å². The summed E-state index contributed by atoms with van der Waals surface area (Å²) in [5, 5.41) is 4.72. The zero-order valence-corrected chi connectivity index (χ0v) is 13.0. The number of nitrogens with zero attached hydrogens (tertiary/aromatic N) is 2. The monoisotopic (exact) mass is 305 g/mol. The molecule has 0 radical (unpaired) electrons. The molecule has 4 heteroatoms. The number of hydrogen-bond acceptors (Lipinski definition) is 4. The summed E-state index contributed by atoms with van der Waals surface area (Å²) in [5.74, 6) is 0.905. The predicted octanol–water partition coefficient (Wildman–Crippen LogP) is 5.02. The summed E-state index contributed by atoms with van der Waals surface area (Å²) in [7, 11) is 0. The van der Waals surface area contributed by atoms with E-state index in [0.717, 1.165) is 16.0 Å². The number of nitrogens with one attached hydrogen (secondary N) is 1. The molecule has 0 fully saturated rings. The summed E-state index contributed by atoms with van der Waals surface area (Å²) in [4.78, 5) is 8.93. The Bertz CT molecular complexity index is 931. The third kappa shape index (κ3) is 2.22. The minimum atomic E-state index is 0.199. The van der Waals surface area contributed by atoms with Gasteiger partial charge in [-0.25, -0.2) is 9.97 Å². The first-order valence-corrected chi connectivity index (χ1v) is 8.08. The summed E-state index contributed by atoms with van der Waals surface area (Å²) in [6, 6.07) is 19.0. The van der Waals surface area contributed by atoms with Gasteiger partial charge in [-0.15, -0.1) is 11.3 Å². The lowest BCUT2D eigenvalue weighted by Gasteiger charge is -2.15. The molecular weight excluding hydrogens is 290 g/mol. The number of aromatic nitrogens is 2. The quantitative estimate of drug-likeness (QED) is 0.577. The van der Waals surface area contributed by atoms with Gasteiger partial charge in [0.2, 0.25) is 0 Å². The van der Waals surface area contributed by atoms with Gasteiger partial charge >= 0.3 is 0 Å². The summed E-state index contributed by atoms with van der Waals surface area (Å²) in [6.45, 7) is 2.15. The molecule has 108 valence electrons. The molecule has 0 aliphatic heterocycles. The SMILES string of the molecule is C[C@@H](Nc1ncnc2c1sc1ccccc12)c1ccccc1. The van der Waals surface area contributed by atoms with E-state index in [1.54, 1.807) is 17.7 Å². The normalized spacial score (nSPS) is 12.6. The molecule has 0 bridgehead atoms. The zero-order valence-electron chi connectivity index (χ0n) is 12.2. The average molecular weight is 305 g/mol. The molecule has 2 heterocycles. The van der Waals surface area contributed by atoms with E-state index in [1.165, 1.54) is 15.6 Å². The number of rotatable bonds is 3. The van der Waals surface area contributed by atoms with Crippen LogP contribution < -0.4 is 5.32 Å². The lowest BCUT2D eigenvalue weighted by atomic mass is 10.1. The second-order valence-corrected chi connectivity index (χ2v) is 6.33. The van der Waals surface area contributed by atoms with Crippen molar-refractivity contribution in [1.29, 1.82) is 0 Å². The van der Waals surface area contributed by atoms with Crippen LogP contribution >= 0.6 is 11.3 Å².